The van der Waals surface area contributed by atoms with E-state index in [4.69, 9.17) is 4.52 Å². The van der Waals surface area contributed by atoms with E-state index in [9.17, 15) is 14.4 Å². The van der Waals surface area contributed by atoms with Crippen molar-refractivity contribution in [1.82, 2.24) is 15.0 Å². The van der Waals surface area contributed by atoms with E-state index in [1.54, 1.807) is 24.3 Å². The molecule has 1 saturated heterocycles. The van der Waals surface area contributed by atoms with Gasteiger partial charge in [0.25, 0.3) is 0 Å². The maximum absolute atomic E-state index is 12.1. The number of carbonyl (C=O) groups excluding carboxylic acids is 3. The Morgan fingerprint density at radius 2 is 1.79 bits per heavy atom. The zero-order valence-electron chi connectivity index (χ0n) is 17.0. The van der Waals surface area contributed by atoms with Crippen molar-refractivity contribution in [1.29, 1.82) is 0 Å². The second kappa shape index (κ2) is 8.55. The number of rotatable bonds is 7. The van der Waals surface area contributed by atoms with Gasteiger partial charge in [-0.15, -0.1) is 0 Å². The lowest BCUT2D eigenvalue weighted by atomic mass is 9.96. The van der Waals surface area contributed by atoms with Gasteiger partial charge in [0, 0.05) is 36.8 Å². The summed E-state index contributed by atoms with van der Waals surface area (Å²) in [7, 11) is 0. The van der Waals surface area contributed by atoms with E-state index in [2.05, 4.69) is 15.5 Å². The molecule has 1 fully saturated rings. The number of aryl methyl sites for hydroxylation is 1. The Labute approximate surface area is 169 Å². The van der Waals surface area contributed by atoms with Crippen LogP contribution in [0.4, 0.5) is 5.69 Å². The molecule has 0 saturated carbocycles. The van der Waals surface area contributed by atoms with Crippen molar-refractivity contribution in [2.45, 2.75) is 64.8 Å². The summed E-state index contributed by atoms with van der Waals surface area (Å²) in [4.78, 5) is 41.2. The molecule has 0 unspecified atom stereocenters. The maximum Gasteiger partial charge on any atom is 0.229 e. The van der Waals surface area contributed by atoms with Crippen LogP contribution in [0.1, 0.15) is 63.7 Å². The molecule has 154 valence electrons. The second-order valence-corrected chi connectivity index (χ2v) is 8.23. The summed E-state index contributed by atoms with van der Waals surface area (Å²) >= 11 is 0. The lowest BCUT2D eigenvalue weighted by molar-refractivity contribution is -0.139. The Hall–Kier alpha value is -3.03. The molecule has 1 aromatic carbocycles. The third kappa shape index (κ3) is 5.49. The van der Waals surface area contributed by atoms with Crippen molar-refractivity contribution in [2.24, 2.45) is 0 Å². The standard InChI is InChI=1S/C21H26N4O4/c1-21(2,3)20-23-17(29-24-20)6-4-5-16(26)22-15-9-7-14(8-10-15)13-25-18(27)11-12-19(25)28/h7-10H,4-6,11-13H2,1-3H3,(H,22,26). The molecule has 1 N–H and O–H groups in total. The molecule has 1 aliphatic heterocycles. The smallest absolute Gasteiger partial charge is 0.229 e. The molecular formula is C21H26N4O4. The number of nitrogens with zero attached hydrogens (tertiary/aromatic N) is 3. The Balaban J connectivity index is 1.44. The summed E-state index contributed by atoms with van der Waals surface area (Å²) in [5.74, 6) is 0.831. The minimum Gasteiger partial charge on any atom is -0.339 e. The van der Waals surface area contributed by atoms with Crippen LogP contribution < -0.4 is 5.32 Å². The van der Waals surface area contributed by atoms with Crippen molar-refractivity contribution in [2.75, 3.05) is 5.32 Å². The topological polar surface area (TPSA) is 105 Å². The molecule has 2 aromatic rings. The van der Waals surface area contributed by atoms with Crippen LogP contribution in [0, 0.1) is 0 Å². The SMILES string of the molecule is CC(C)(C)c1noc(CCCC(=O)Nc2ccc(CN3C(=O)CCC3=O)cc2)n1. The number of hydrogen-bond acceptors (Lipinski definition) is 6. The van der Waals surface area contributed by atoms with Gasteiger partial charge in [0.2, 0.25) is 23.6 Å². The highest BCUT2D eigenvalue weighted by atomic mass is 16.5. The summed E-state index contributed by atoms with van der Waals surface area (Å²) in [5, 5.41) is 6.82. The lowest BCUT2D eigenvalue weighted by Crippen LogP contribution is -2.28. The molecule has 0 atom stereocenters. The molecule has 1 aromatic heterocycles. The van der Waals surface area contributed by atoms with Crippen LogP contribution >= 0.6 is 0 Å². The molecule has 0 aliphatic carbocycles. The second-order valence-electron chi connectivity index (χ2n) is 8.23. The highest BCUT2D eigenvalue weighted by molar-refractivity contribution is 6.01. The van der Waals surface area contributed by atoms with Gasteiger partial charge < -0.3 is 9.84 Å². The van der Waals surface area contributed by atoms with Crippen LogP contribution in [0.3, 0.4) is 0 Å². The third-order valence-electron chi connectivity index (χ3n) is 4.67. The number of anilines is 1. The van der Waals surface area contributed by atoms with Gasteiger partial charge in [-0.1, -0.05) is 38.1 Å². The fourth-order valence-corrected chi connectivity index (χ4v) is 2.96. The van der Waals surface area contributed by atoms with Gasteiger partial charge in [-0.25, -0.2) is 0 Å². The molecule has 3 rings (SSSR count). The van der Waals surface area contributed by atoms with Crippen molar-refractivity contribution < 1.29 is 18.9 Å². The molecule has 1 aliphatic rings. The predicted octanol–water partition coefficient (Wildman–Crippen LogP) is 2.98. The molecule has 0 spiro atoms. The molecule has 0 bridgehead atoms. The summed E-state index contributed by atoms with van der Waals surface area (Å²) in [5.41, 5.74) is 1.35. The first-order chi connectivity index (χ1) is 13.7. The fourth-order valence-electron chi connectivity index (χ4n) is 2.96. The Morgan fingerprint density at radius 3 is 2.38 bits per heavy atom. The monoisotopic (exact) mass is 398 g/mol. The van der Waals surface area contributed by atoms with Gasteiger partial charge in [-0.05, 0) is 24.1 Å². The van der Waals surface area contributed by atoms with Crippen LogP contribution in [0.5, 0.6) is 0 Å². The van der Waals surface area contributed by atoms with Crippen LogP contribution in [0.15, 0.2) is 28.8 Å². The number of likely N-dealkylation sites (tertiary alicyclic amines) is 1. The minimum absolute atomic E-state index is 0.0989. The molecule has 29 heavy (non-hydrogen) atoms. The van der Waals surface area contributed by atoms with Crippen molar-refractivity contribution in [3.63, 3.8) is 0 Å². The van der Waals surface area contributed by atoms with Crippen molar-refractivity contribution in [3.8, 4) is 0 Å². The number of nitrogens with one attached hydrogen (secondary N) is 1. The Bertz CT molecular complexity index is 880. The molecule has 3 amide bonds. The van der Waals surface area contributed by atoms with Gasteiger partial charge >= 0.3 is 0 Å². The van der Waals surface area contributed by atoms with Crippen LogP contribution in [0.25, 0.3) is 0 Å². The van der Waals surface area contributed by atoms with E-state index >= 15 is 0 Å². The van der Waals surface area contributed by atoms with Crippen molar-refractivity contribution in [3.05, 3.63) is 41.5 Å². The number of aromatic nitrogens is 2. The van der Waals surface area contributed by atoms with E-state index < -0.39 is 0 Å². The zero-order chi connectivity index (χ0) is 21.0. The van der Waals surface area contributed by atoms with Gasteiger partial charge in [0.15, 0.2) is 5.82 Å². The predicted molar refractivity (Wildman–Crippen MR) is 106 cm³/mol. The number of benzene rings is 1. The van der Waals surface area contributed by atoms with E-state index in [0.29, 0.717) is 36.7 Å². The molecular weight excluding hydrogens is 372 g/mol. The van der Waals surface area contributed by atoms with Crippen molar-refractivity contribution >= 4 is 23.4 Å². The minimum atomic E-state index is -0.166. The molecule has 2 heterocycles. The molecule has 8 nitrogen and oxygen atoms in total. The van der Waals surface area contributed by atoms with Crippen LogP contribution in [0.2, 0.25) is 0 Å². The zero-order valence-corrected chi connectivity index (χ0v) is 17.0. The maximum atomic E-state index is 12.1. The van der Waals surface area contributed by atoms with E-state index in [0.717, 1.165) is 5.56 Å². The number of hydrogen-bond donors (Lipinski definition) is 1. The van der Waals surface area contributed by atoms with E-state index in [-0.39, 0.29) is 42.5 Å². The van der Waals surface area contributed by atoms with Gasteiger partial charge in [-0.3, -0.25) is 19.3 Å². The summed E-state index contributed by atoms with van der Waals surface area (Å²) < 4.78 is 5.23. The normalized spacial score (nSPS) is 14.5. The van der Waals surface area contributed by atoms with Gasteiger partial charge in [-0.2, -0.15) is 4.98 Å². The summed E-state index contributed by atoms with van der Waals surface area (Å²) in [6.07, 6.45) is 2.07. The first kappa shape index (κ1) is 20.7. The fraction of sp³-hybridized carbons (Fsp3) is 0.476. The first-order valence-corrected chi connectivity index (χ1v) is 9.77. The Kier molecular flexibility index (Phi) is 6.10. The van der Waals surface area contributed by atoms with Gasteiger partial charge in [0.05, 0.1) is 6.54 Å². The lowest BCUT2D eigenvalue weighted by Gasteiger charge is -2.14. The third-order valence-corrected chi connectivity index (χ3v) is 4.67. The summed E-state index contributed by atoms with van der Waals surface area (Å²) in [6, 6.07) is 7.15. The highest BCUT2D eigenvalue weighted by Gasteiger charge is 2.28. The van der Waals surface area contributed by atoms with E-state index in [1.807, 2.05) is 20.8 Å². The van der Waals surface area contributed by atoms with E-state index in [1.165, 1.54) is 4.90 Å². The average molecular weight is 398 g/mol. The number of carbonyl (C=O) groups is 3. The quantitative estimate of drug-likeness (QED) is 0.719. The number of imide groups is 1. The average Bonchev–Trinajstić information content (AvgIpc) is 3.25. The molecule has 0 radical (unpaired) electrons. The number of amides is 3. The first-order valence-electron chi connectivity index (χ1n) is 9.77. The van der Waals surface area contributed by atoms with Crippen LogP contribution in [-0.2, 0) is 32.8 Å². The molecule has 8 heteroatoms. The highest BCUT2D eigenvalue weighted by Crippen LogP contribution is 2.20. The Morgan fingerprint density at radius 1 is 1.14 bits per heavy atom. The summed E-state index contributed by atoms with van der Waals surface area (Å²) in [6.45, 7) is 6.32. The largest absolute Gasteiger partial charge is 0.339 e. The van der Waals surface area contributed by atoms with Crippen LogP contribution in [-0.4, -0.2) is 32.8 Å². The van der Waals surface area contributed by atoms with Gasteiger partial charge in [0.1, 0.15) is 0 Å².